The Morgan fingerprint density at radius 3 is 2.96 bits per heavy atom. The minimum atomic E-state index is -0.298. The first-order chi connectivity index (χ1) is 12.2. The van der Waals surface area contributed by atoms with Crippen molar-refractivity contribution < 1.29 is 19.1 Å². The van der Waals surface area contributed by atoms with Crippen LogP contribution < -0.4 is 20.1 Å². The molecule has 1 saturated heterocycles. The van der Waals surface area contributed by atoms with Gasteiger partial charge >= 0.3 is 0 Å². The molecule has 0 aliphatic carbocycles. The van der Waals surface area contributed by atoms with Crippen LogP contribution >= 0.6 is 0 Å². The number of amides is 2. The number of piperidine rings is 1. The number of aromatic nitrogens is 1. The Balaban J connectivity index is 1.53. The van der Waals surface area contributed by atoms with Crippen molar-refractivity contribution in [3.05, 3.63) is 53.9 Å². The summed E-state index contributed by atoms with van der Waals surface area (Å²) < 4.78 is 10.6. The van der Waals surface area contributed by atoms with Gasteiger partial charge in [0.05, 0.1) is 12.1 Å². The number of hydrogen-bond donors (Lipinski definition) is 2. The van der Waals surface area contributed by atoms with E-state index >= 15 is 0 Å². The zero-order chi connectivity index (χ0) is 17.2. The highest BCUT2D eigenvalue weighted by Crippen LogP contribution is 2.32. The third kappa shape index (κ3) is 3.13. The van der Waals surface area contributed by atoms with Crippen molar-refractivity contribution in [1.29, 1.82) is 0 Å². The molecule has 2 amide bonds. The van der Waals surface area contributed by atoms with E-state index in [9.17, 15) is 9.59 Å². The molecule has 0 radical (unpaired) electrons. The number of carbonyl (C=O) groups is 2. The van der Waals surface area contributed by atoms with Gasteiger partial charge in [-0.1, -0.05) is 6.07 Å². The van der Waals surface area contributed by atoms with Crippen LogP contribution in [-0.2, 0) is 4.79 Å². The lowest BCUT2D eigenvalue weighted by Gasteiger charge is -2.33. The monoisotopic (exact) mass is 339 g/mol. The molecule has 4 rings (SSSR count). The summed E-state index contributed by atoms with van der Waals surface area (Å²) in [7, 11) is 0. The molecule has 2 N–H and O–H groups in total. The van der Waals surface area contributed by atoms with E-state index in [-0.39, 0.29) is 30.7 Å². The Hall–Kier alpha value is -3.09. The summed E-state index contributed by atoms with van der Waals surface area (Å²) in [6, 6.07) is 8.28. The van der Waals surface area contributed by atoms with Crippen LogP contribution in [0, 0.1) is 0 Å². The van der Waals surface area contributed by atoms with Gasteiger partial charge in [0.2, 0.25) is 12.7 Å². The van der Waals surface area contributed by atoms with Crippen LogP contribution in [0.3, 0.4) is 0 Å². The SMILES string of the molecule is O=C1CC[C@H](NC(=O)c2ccc3c(c2)OCO3)[C@H](c2cccnc2)N1. The van der Waals surface area contributed by atoms with Crippen LogP contribution in [0.15, 0.2) is 42.7 Å². The average molecular weight is 339 g/mol. The number of rotatable bonds is 3. The fraction of sp³-hybridized carbons (Fsp3) is 0.278. The van der Waals surface area contributed by atoms with Crippen LogP contribution in [0.1, 0.15) is 34.8 Å². The average Bonchev–Trinajstić information content (AvgIpc) is 3.11. The van der Waals surface area contributed by atoms with Gasteiger partial charge in [-0.2, -0.15) is 0 Å². The highest BCUT2D eigenvalue weighted by atomic mass is 16.7. The van der Waals surface area contributed by atoms with Gasteiger partial charge in [-0.3, -0.25) is 14.6 Å². The second-order valence-corrected chi connectivity index (χ2v) is 6.02. The smallest absolute Gasteiger partial charge is 0.251 e. The third-order valence-electron chi connectivity index (χ3n) is 4.40. The summed E-state index contributed by atoms with van der Waals surface area (Å²) in [5.74, 6) is 0.957. The fourth-order valence-electron chi connectivity index (χ4n) is 3.12. The molecule has 0 saturated carbocycles. The number of fused-ring (bicyclic) bond motifs is 1. The topological polar surface area (TPSA) is 89.6 Å². The second-order valence-electron chi connectivity index (χ2n) is 6.02. The molecule has 2 aromatic rings. The molecular formula is C18H17N3O4. The Kier molecular flexibility index (Phi) is 3.97. The van der Waals surface area contributed by atoms with Crippen molar-refractivity contribution in [2.45, 2.75) is 24.9 Å². The molecule has 25 heavy (non-hydrogen) atoms. The van der Waals surface area contributed by atoms with Crippen LogP contribution in [0.25, 0.3) is 0 Å². The standard InChI is InChI=1S/C18H17N3O4/c22-16-6-4-13(17(21-16)12-2-1-7-19-9-12)20-18(23)11-3-5-14-15(8-11)25-10-24-14/h1-3,5,7-9,13,17H,4,6,10H2,(H,20,23)(H,21,22)/t13-,17-/m0/s1. The highest BCUT2D eigenvalue weighted by Gasteiger charge is 2.31. The Labute approximate surface area is 144 Å². The molecule has 1 aromatic carbocycles. The summed E-state index contributed by atoms with van der Waals surface area (Å²) in [4.78, 5) is 28.5. The van der Waals surface area contributed by atoms with Gasteiger partial charge in [0.1, 0.15) is 0 Å². The molecule has 1 aromatic heterocycles. The van der Waals surface area contributed by atoms with E-state index < -0.39 is 0 Å². The first-order valence-corrected chi connectivity index (χ1v) is 8.10. The fourth-order valence-corrected chi connectivity index (χ4v) is 3.12. The molecular weight excluding hydrogens is 322 g/mol. The predicted molar refractivity (Wildman–Crippen MR) is 88.2 cm³/mol. The van der Waals surface area contributed by atoms with Gasteiger partial charge in [-0.25, -0.2) is 0 Å². The molecule has 1 fully saturated rings. The summed E-state index contributed by atoms with van der Waals surface area (Å²) in [5, 5.41) is 5.96. The van der Waals surface area contributed by atoms with Crippen molar-refractivity contribution in [3.8, 4) is 11.5 Å². The number of hydrogen-bond acceptors (Lipinski definition) is 5. The van der Waals surface area contributed by atoms with Gasteiger partial charge in [0.25, 0.3) is 5.91 Å². The van der Waals surface area contributed by atoms with Crippen molar-refractivity contribution >= 4 is 11.8 Å². The highest BCUT2D eigenvalue weighted by molar-refractivity contribution is 5.95. The van der Waals surface area contributed by atoms with Crippen molar-refractivity contribution in [2.75, 3.05) is 6.79 Å². The van der Waals surface area contributed by atoms with Gasteiger partial charge < -0.3 is 20.1 Å². The largest absolute Gasteiger partial charge is 0.454 e. The lowest BCUT2D eigenvalue weighted by atomic mass is 9.92. The van der Waals surface area contributed by atoms with Gasteiger partial charge in [-0.15, -0.1) is 0 Å². The number of benzene rings is 1. The van der Waals surface area contributed by atoms with Crippen molar-refractivity contribution in [1.82, 2.24) is 15.6 Å². The minimum absolute atomic E-state index is 0.0255. The van der Waals surface area contributed by atoms with Crippen LogP contribution in [-0.4, -0.2) is 29.6 Å². The predicted octanol–water partition coefficient (Wildman–Crippen LogP) is 1.56. The summed E-state index contributed by atoms with van der Waals surface area (Å²) in [6.07, 6.45) is 4.33. The number of ether oxygens (including phenoxy) is 2. The maximum Gasteiger partial charge on any atom is 0.251 e. The first kappa shape index (κ1) is 15.4. The van der Waals surface area contributed by atoms with E-state index in [4.69, 9.17) is 9.47 Å². The minimum Gasteiger partial charge on any atom is -0.454 e. The number of pyridine rings is 1. The Bertz CT molecular complexity index is 809. The molecule has 0 spiro atoms. The zero-order valence-corrected chi connectivity index (χ0v) is 13.4. The van der Waals surface area contributed by atoms with E-state index in [1.54, 1.807) is 30.6 Å². The summed E-state index contributed by atoms with van der Waals surface area (Å²) in [5.41, 5.74) is 1.36. The molecule has 3 heterocycles. The molecule has 128 valence electrons. The van der Waals surface area contributed by atoms with Gasteiger partial charge in [0.15, 0.2) is 11.5 Å². The molecule has 7 nitrogen and oxygen atoms in total. The first-order valence-electron chi connectivity index (χ1n) is 8.10. The lowest BCUT2D eigenvalue weighted by Crippen LogP contribution is -2.50. The van der Waals surface area contributed by atoms with Crippen LogP contribution in [0.2, 0.25) is 0 Å². The van der Waals surface area contributed by atoms with E-state index in [0.717, 1.165) is 5.56 Å². The van der Waals surface area contributed by atoms with E-state index in [0.29, 0.717) is 29.9 Å². The lowest BCUT2D eigenvalue weighted by molar-refractivity contribution is -0.123. The molecule has 2 atom stereocenters. The van der Waals surface area contributed by atoms with E-state index in [1.165, 1.54) is 0 Å². The molecule has 2 aliphatic rings. The zero-order valence-electron chi connectivity index (χ0n) is 13.4. The number of nitrogens with zero attached hydrogens (tertiary/aromatic N) is 1. The number of carbonyl (C=O) groups excluding carboxylic acids is 2. The second kappa shape index (κ2) is 6.43. The van der Waals surface area contributed by atoms with Gasteiger partial charge in [0, 0.05) is 24.4 Å². The van der Waals surface area contributed by atoms with Crippen molar-refractivity contribution in [3.63, 3.8) is 0 Å². The summed E-state index contributed by atoms with van der Waals surface area (Å²) in [6.45, 7) is 0.165. The van der Waals surface area contributed by atoms with Crippen LogP contribution in [0.5, 0.6) is 11.5 Å². The third-order valence-corrected chi connectivity index (χ3v) is 4.40. The van der Waals surface area contributed by atoms with Gasteiger partial charge in [-0.05, 0) is 36.2 Å². The molecule has 0 unspecified atom stereocenters. The van der Waals surface area contributed by atoms with E-state index in [1.807, 2.05) is 12.1 Å². The molecule has 7 heteroatoms. The number of nitrogens with one attached hydrogen (secondary N) is 2. The Morgan fingerprint density at radius 2 is 2.12 bits per heavy atom. The molecule has 0 bridgehead atoms. The van der Waals surface area contributed by atoms with E-state index in [2.05, 4.69) is 15.6 Å². The Morgan fingerprint density at radius 1 is 1.24 bits per heavy atom. The van der Waals surface area contributed by atoms with Crippen molar-refractivity contribution in [2.24, 2.45) is 0 Å². The van der Waals surface area contributed by atoms with Crippen LogP contribution in [0.4, 0.5) is 0 Å². The maximum absolute atomic E-state index is 12.6. The quantitative estimate of drug-likeness (QED) is 0.886. The normalized spacial score (nSPS) is 21.5. The summed E-state index contributed by atoms with van der Waals surface area (Å²) >= 11 is 0. The molecule has 2 aliphatic heterocycles. The maximum atomic E-state index is 12.6.